The number of carbonyl (C=O) groups excluding carboxylic acids is 2. The van der Waals surface area contributed by atoms with Crippen LogP contribution in [0.25, 0.3) is 0 Å². The molecule has 2 aromatic carbocycles. The van der Waals surface area contributed by atoms with E-state index in [2.05, 4.69) is 5.32 Å². The standard InChI is InChI=1S/C25H31FN2O2S/c1-2-23(25(30)27-21-13-7-8-14-21)28(16-19-10-4-3-5-11-19)24(29)18-31-17-20-12-6-9-15-22(20)26/h3-6,9-12,15,21,23H,2,7-8,13-14,16-18H2,1H3,(H,27,30). The zero-order valence-corrected chi connectivity index (χ0v) is 18.9. The largest absolute Gasteiger partial charge is 0.352 e. The second kappa shape index (κ2) is 11.9. The Morgan fingerprint density at radius 1 is 1.10 bits per heavy atom. The molecule has 3 rings (SSSR count). The van der Waals surface area contributed by atoms with Gasteiger partial charge in [0, 0.05) is 18.3 Å². The summed E-state index contributed by atoms with van der Waals surface area (Å²) in [4.78, 5) is 27.9. The number of amides is 2. The van der Waals surface area contributed by atoms with E-state index in [0.29, 0.717) is 24.3 Å². The number of nitrogens with zero attached hydrogens (tertiary/aromatic N) is 1. The third-order valence-corrected chi connectivity index (χ3v) is 6.69. The summed E-state index contributed by atoms with van der Waals surface area (Å²) >= 11 is 1.38. The van der Waals surface area contributed by atoms with Gasteiger partial charge in [-0.1, -0.05) is 68.3 Å². The highest BCUT2D eigenvalue weighted by molar-refractivity contribution is 7.99. The first-order chi connectivity index (χ1) is 15.1. The SMILES string of the molecule is CCC(C(=O)NC1CCCC1)N(Cc1ccccc1)C(=O)CSCc1ccccc1F. The summed E-state index contributed by atoms with van der Waals surface area (Å²) in [7, 11) is 0. The predicted molar refractivity (Wildman–Crippen MR) is 124 cm³/mol. The third kappa shape index (κ3) is 6.82. The molecule has 1 aliphatic rings. The molecule has 166 valence electrons. The first-order valence-electron chi connectivity index (χ1n) is 11.0. The molecule has 0 radical (unpaired) electrons. The van der Waals surface area contributed by atoms with Crippen LogP contribution in [0.1, 0.15) is 50.2 Å². The molecule has 0 bridgehead atoms. The Morgan fingerprint density at radius 3 is 2.45 bits per heavy atom. The number of carbonyl (C=O) groups is 2. The van der Waals surface area contributed by atoms with Crippen molar-refractivity contribution in [3.05, 3.63) is 71.5 Å². The summed E-state index contributed by atoms with van der Waals surface area (Å²) in [6, 6.07) is 16.1. The smallest absolute Gasteiger partial charge is 0.243 e. The van der Waals surface area contributed by atoms with Gasteiger partial charge < -0.3 is 10.2 Å². The first-order valence-corrected chi connectivity index (χ1v) is 12.2. The first kappa shape index (κ1) is 23.3. The lowest BCUT2D eigenvalue weighted by Gasteiger charge is -2.31. The summed E-state index contributed by atoms with van der Waals surface area (Å²) in [5.74, 6) is 0.194. The van der Waals surface area contributed by atoms with Gasteiger partial charge in [-0.15, -0.1) is 11.8 Å². The van der Waals surface area contributed by atoms with Gasteiger partial charge in [0.15, 0.2) is 0 Å². The summed E-state index contributed by atoms with van der Waals surface area (Å²) < 4.78 is 13.9. The van der Waals surface area contributed by atoms with E-state index in [4.69, 9.17) is 0 Å². The Bertz CT molecular complexity index is 856. The molecule has 1 atom stereocenters. The lowest BCUT2D eigenvalue weighted by Crippen LogP contribution is -2.51. The summed E-state index contributed by atoms with van der Waals surface area (Å²) in [5, 5.41) is 3.15. The zero-order valence-electron chi connectivity index (χ0n) is 18.1. The third-order valence-electron chi connectivity index (χ3n) is 5.72. The van der Waals surface area contributed by atoms with E-state index < -0.39 is 6.04 Å². The molecular weight excluding hydrogens is 411 g/mol. The van der Waals surface area contributed by atoms with Crippen molar-refractivity contribution >= 4 is 23.6 Å². The Kier molecular flexibility index (Phi) is 8.95. The van der Waals surface area contributed by atoms with Crippen LogP contribution in [0, 0.1) is 5.82 Å². The van der Waals surface area contributed by atoms with Crippen LogP contribution >= 0.6 is 11.8 Å². The lowest BCUT2D eigenvalue weighted by molar-refractivity contribution is -0.139. The van der Waals surface area contributed by atoms with Crippen molar-refractivity contribution in [3.8, 4) is 0 Å². The zero-order chi connectivity index (χ0) is 22.1. The average molecular weight is 443 g/mol. The number of hydrogen-bond acceptors (Lipinski definition) is 3. The van der Waals surface area contributed by atoms with Gasteiger partial charge >= 0.3 is 0 Å². The van der Waals surface area contributed by atoms with Gasteiger partial charge in [0.25, 0.3) is 0 Å². The number of thioether (sulfide) groups is 1. The van der Waals surface area contributed by atoms with E-state index in [-0.39, 0.29) is 29.4 Å². The highest BCUT2D eigenvalue weighted by Crippen LogP contribution is 2.21. The van der Waals surface area contributed by atoms with E-state index in [1.165, 1.54) is 17.8 Å². The number of nitrogens with one attached hydrogen (secondary N) is 1. The molecule has 0 aromatic heterocycles. The molecule has 6 heteroatoms. The molecule has 0 heterocycles. The Labute approximate surface area is 188 Å². The molecule has 0 spiro atoms. The fourth-order valence-corrected chi connectivity index (χ4v) is 4.91. The van der Waals surface area contributed by atoms with Crippen LogP contribution in [0.3, 0.4) is 0 Å². The molecule has 2 amide bonds. The minimum absolute atomic E-state index is 0.0715. The maximum Gasteiger partial charge on any atom is 0.243 e. The maximum absolute atomic E-state index is 13.9. The van der Waals surface area contributed by atoms with Gasteiger partial charge in [-0.3, -0.25) is 9.59 Å². The highest BCUT2D eigenvalue weighted by atomic mass is 32.2. The fraction of sp³-hybridized carbons (Fsp3) is 0.440. The normalized spacial score (nSPS) is 14.9. The van der Waals surface area contributed by atoms with Crippen molar-refractivity contribution in [2.45, 2.75) is 63.4 Å². The van der Waals surface area contributed by atoms with Crippen LogP contribution < -0.4 is 5.32 Å². The quantitative estimate of drug-likeness (QED) is 0.568. The molecule has 1 aliphatic carbocycles. The molecule has 1 unspecified atom stereocenters. The van der Waals surface area contributed by atoms with Gasteiger partial charge in [0.1, 0.15) is 11.9 Å². The average Bonchev–Trinajstić information content (AvgIpc) is 3.28. The van der Waals surface area contributed by atoms with Crippen molar-refractivity contribution in [2.24, 2.45) is 0 Å². The summed E-state index contributed by atoms with van der Waals surface area (Å²) in [6.07, 6.45) is 4.85. The van der Waals surface area contributed by atoms with Gasteiger partial charge in [-0.05, 0) is 36.5 Å². The predicted octanol–water partition coefficient (Wildman–Crippen LogP) is 4.93. The molecule has 1 saturated carbocycles. The maximum atomic E-state index is 13.9. The van der Waals surface area contributed by atoms with Crippen molar-refractivity contribution in [2.75, 3.05) is 5.75 Å². The molecule has 0 saturated heterocycles. The minimum atomic E-state index is -0.512. The highest BCUT2D eigenvalue weighted by Gasteiger charge is 2.30. The van der Waals surface area contributed by atoms with E-state index in [1.54, 1.807) is 23.1 Å². The van der Waals surface area contributed by atoms with Crippen LogP contribution in [-0.2, 0) is 21.9 Å². The number of halogens is 1. The molecule has 31 heavy (non-hydrogen) atoms. The molecule has 0 aliphatic heterocycles. The van der Waals surface area contributed by atoms with Crippen LogP contribution in [0.15, 0.2) is 54.6 Å². The molecule has 4 nitrogen and oxygen atoms in total. The van der Waals surface area contributed by atoms with Gasteiger partial charge in [-0.2, -0.15) is 0 Å². The number of benzene rings is 2. The second-order valence-corrected chi connectivity index (χ2v) is 8.99. The summed E-state index contributed by atoms with van der Waals surface area (Å²) in [5.41, 5.74) is 1.57. The Hall–Kier alpha value is -2.34. The van der Waals surface area contributed by atoms with Crippen LogP contribution in [-0.4, -0.2) is 34.6 Å². The van der Waals surface area contributed by atoms with Gasteiger partial charge in [-0.25, -0.2) is 4.39 Å². The topological polar surface area (TPSA) is 49.4 Å². The van der Waals surface area contributed by atoms with Crippen LogP contribution in [0.5, 0.6) is 0 Å². The van der Waals surface area contributed by atoms with Gasteiger partial charge in [0.05, 0.1) is 5.75 Å². The number of rotatable bonds is 10. The fourth-order valence-electron chi connectivity index (χ4n) is 4.01. The number of hydrogen-bond donors (Lipinski definition) is 1. The van der Waals surface area contributed by atoms with E-state index in [1.807, 2.05) is 37.3 Å². The monoisotopic (exact) mass is 442 g/mol. The lowest BCUT2D eigenvalue weighted by atomic mass is 10.1. The van der Waals surface area contributed by atoms with E-state index >= 15 is 0 Å². The molecule has 1 N–H and O–H groups in total. The van der Waals surface area contributed by atoms with E-state index in [0.717, 1.165) is 31.2 Å². The minimum Gasteiger partial charge on any atom is -0.352 e. The molecular formula is C25H31FN2O2S. The second-order valence-electron chi connectivity index (χ2n) is 8.01. The van der Waals surface area contributed by atoms with Crippen LogP contribution in [0.4, 0.5) is 4.39 Å². The molecule has 1 fully saturated rings. The molecule has 2 aromatic rings. The summed E-state index contributed by atoms with van der Waals surface area (Å²) in [6.45, 7) is 2.33. The van der Waals surface area contributed by atoms with Crippen molar-refractivity contribution in [1.82, 2.24) is 10.2 Å². The van der Waals surface area contributed by atoms with Gasteiger partial charge in [0.2, 0.25) is 11.8 Å². The van der Waals surface area contributed by atoms with Crippen LogP contribution in [0.2, 0.25) is 0 Å². The Morgan fingerprint density at radius 2 is 1.77 bits per heavy atom. The van der Waals surface area contributed by atoms with E-state index in [9.17, 15) is 14.0 Å². The van der Waals surface area contributed by atoms with Crippen molar-refractivity contribution < 1.29 is 14.0 Å². The Balaban J connectivity index is 1.68. The van der Waals surface area contributed by atoms with Crippen molar-refractivity contribution in [3.63, 3.8) is 0 Å². The van der Waals surface area contributed by atoms with Crippen molar-refractivity contribution in [1.29, 1.82) is 0 Å².